The predicted octanol–water partition coefficient (Wildman–Crippen LogP) is 5.70. The van der Waals surface area contributed by atoms with Crippen LogP contribution in [0.4, 0.5) is 26.3 Å². The highest BCUT2D eigenvalue weighted by atomic mass is 19.4. The highest BCUT2D eigenvalue weighted by Crippen LogP contribution is 2.41. The molecule has 0 saturated carbocycles. The molecule has 0 aliphatic carbocycles. The summed E-state index contributed by atoms with van der Waals surface area (Å²) in [6.07, 6.45) is -9.23. The summed E-state index contributed by atoms with van der Waals surface area (Å²) in [7, 11) is 0. The van der Waals surface area contributed by atoms with E-state index in [-0.39, 0.29) is 16.7 Å². The van der Waals surface area contributed by atoms with Crippen LogP contribution in [0.5, 0.6) is 0 Å². The fourth-order valence-corrected chi connectivity index (χ4v) is 2.20. The molecule has 0 bridgehead atoms. The molecule has 0 atom stereocenters. The van der Waals surface area contributed by atoms with Crippen molar-refractivity contribution < 1.29 is 26.3 Å². The molecule has 0 unspecified atom stereocenters. The summed E-state index contributed by atoms with van der Waals surface area (Å²) in [5, 5.41) is 0. The van der Waals surface area contributed by atoms with E-state index in [0.29, 0.717) is 0 Å². The van der Waals surface area contributed by atoms with Gasteiger partial charge < -0.3 is 0 Å². The van der Waals surface area contributed by atoms with Crippen LogP contribution in [-0.2, 0) is 12.4 Å². The summed E-state index contributed by atoms with van der Waals surface area (Å²) in [6, 6.07) is 7.82. The summed E-state index contributed by atoms with van der Waals surface area (Å²) in [5.74, 6) is 0. The van der Waals surface area contributed by atoms with Crippen LogP contribution in [0.2, 0.25) is 0 Å². The Balaban J connectivity index is 2.70. The molecule has 0 aliphatic rings. The zero-order valence-corrected chi connectivity index (χ0v) is 10.8. The fraction of sp³-hybridized carbons (Fsp3) is 0.200. The maximum absolute atomic E-state index is 13.0. The summed E-state index contributed by atoms with van der Waals surface area (Å²) >= 11 is 0. The van der Waals surface area contributed by atoms with E-state index in [4.69, 9.17) is 0 Å². The van der Waals surface area contributed by atoms with Gasteiger partial charge in [-0.05, 0) is 35.7 Å². The standard InChI is InChI=1S/C15H10F6/c1-9-10(6-4-8-12(9)14(16,17)18)11-5-2-3-7-13(11)15(19,20)21/h2-8H,1H3. The maximum atomic E-state index is 13.0. The van der Waals surface area contributed by atoms with E-state index >= 15 is 0 Å². The molecule has 0 saturated heterocycles. The van der Waals surface area contributed by atoms with Crippen LogP contribution in [0.1, 0.15) is 16.7 Å². The zero-order chi connectivity index (χ0) is 15.8. The van der Waals surface area contributed by atoms with Gasteiger partial charge in [0.1, 0.15) is 0 Å². The quantitative estimate of drug-likeness (QED) is 0.593. The second-order valence-electron chi connectivity index (χ2n) is 4.52. The average Bonchev–Trinajstić information content (AvgIpc) is 2.36. The largest absolute Gasteiger partial charge is 0.417 e. The first kappa shape index (κ1) is 15.4. The minimum absolute atomic E-state index is 0.0715. The van der Waals surface area contributed by atoms with E-state index in [1.165, 1.54) is 31.2 Å². The number of alkyl halides is 6. The molecule has 0 radical (unpaired) electrons. The van der Waals surface area contributed by atoms with E-state index in [1.807, 2.05) is 0 Å². The topological polar surface area (TPSA) is 0 Å². The number of benzene rings is 2. The third kappa shape index (κ3) is 3.04. The lowest BCUT2D eigenvalue weighted by Gasteiger charge is -2.17. The third-order valence-corrected chi connectivity index (χ3v) is 3.16. The number of rotatable bonds is 1. The van der Waals surface area contributed by atoms with Gasteiger partial charge in [0.05, 0.1) is 11.1 Å². The van der Waals surface area contributed by atoms with Crippen LogP contribution >= 0.6 is 0 Å². The van der Waals surface area contributed by atoms with E-state index in [9.17, 15) is 26.3 Å². The van der Waals surface area contributed by atoms with Gasteiger partial charge in [0.2, 0.25) is 0 Å². The van der Waals surface area contributed by atoms with Crippen molar-refractivity contribution in [2.24, 2.45) is 0 Å². The smallest absolute Gasteiger partial charge is 0.166 e. The van der Waals surface area contributed by atoms with Gasteiger partial charge in [-0.1, -0.05) is 30.3 Å². The second-order valence-corrected chi connectivity index (χ2v) is 4.52. The fourth-order valence-electron chi connectivity index (χ4n) is 2.20. The molecule has 0 spiro atoms. The van der Waals surface area contributed by atoms with Crippen LogP contribution < -0.4 is 0 Å². The lowest BCUT2D eigenvalue weighted by atomic mass is 9.93. The van der Waals surface area contributed by atoms with Crippen molar-refractivity contribution in [1.82, 2.24) is 0 Å². The zero-order valence-electron chi connectivity index (χ0n) is 10.8. The number of halogens is 6. The van der Waals surface area contributed by atoms with Crippen LogP contribution in [0.15, 0.2) is 42.5 Å². The molecule has 6 heteroatoms. The molecule has 0 N–H and O–H groups in total. The van der Waals surface area contributed by atoms with Crippen molar-refractivity contribution in [1.29, 1.82) is 0 Å². The molecule has 2 rings (SSSR count). The SMILES string of the molecule is Cc1c(-c2ccccc2C(F)(F)F)cccc1C(F)(F)F. The highest BCUT2D eigenvalue weighted by molar-refractivity contribution is 5.72. The Bertz CT molecular complexity index is 652. The Morgan fingerprint density at radius 3 is 1.67 bits per heavy atom. The minimum Gasteiger partial charge on any atom is -0.166 e. The molecule has 0 amide bonds. The summed E-state index contributed by atoms with van der Waals surface area (Å²) in [4.78, 5) is 0. The maximum Gasteiger partial charge on any atom is 0.417 e. The summed E-state index contributed by atoms with van der Waals surface area (Å²) in [6.45, 7) is 1.17. The van der Waals surface area contributed by atoms with Gasteiger partial charge >= 0.3 is 12.4 Å². The molecular formula is C15H10F6. The van der Waals surface area contributed by atoms with Gasteiger partial charge in [0.15, 0.2) is 0 Å². The lowest BCUT2D eigenvalue weighted by Crippen LogP contribution is -2.10. The van der Waals surface area contributed by atoms with Crippen LogP contribution in [0, 0.1) is 6.92 Å². The van der Waals surface area contributed by atoms with Crippen molar-refractivity contribution in [3.63, 3.8) is 0 Å². The van der Waals surface area contributed by atoms with Crippen molar-refractivity contribution in [2.75, 3.05) is 0 Å². The van der Waals surface area contributed by atoms with Gasteiger partial charge in [-0.25, -0.2) is 0 Å². The average molecular weight is 304 g/mol. The Kier molecular flexibility index (Phi) is 3.74. The monoisotopic (exact) mass is 304 g/mol. The molecule has 0 aromatic heterocycles. The van der Waals surface area contributed by atoms with E-state index in [1.54, 1.807) is 0 Å². The molecule has 2 aromatic carbocycles. The van der Waals surface area contributed by atoms with Gasteiger partial charge in [0.25, 0.3) is 0 Å². The van der Waals surface area contributed by atoms with Crippen LogP contribution in [-0.4, -0.2) is 0 Å². The van der Waals surface area contributed by atoms with Crippen molar-refractivity contribution >= 4 is 0 Å². The van der Waals surface area contributed by atoms with Gasteiger partial charge in [-0.2, -0.15) is 26.3 Å². The van der Waals surface area contributed by atoms with E-state index < -0.39 is 23.5 Å². The molecule has 2 aromatic rings. The van der Waals surface area contributed by atoms with E-state index in [2.05, 4.69) is 0 Å². The highest BCUT2D eigenvalue weighted by Gasteiger charge is 2.36. The first-order chi connectivity index (χ1) is 9.62. The molecule has 0 heterocycles. The van der Waals surface area contributed by atoms with E-state index in [0.717, 1.165) is 18.2 Å². The van der Waals surface area contributed by atoms with Crippen LogP contribution in [0.25, 0.3) is 11.1 Å². The predicted molar refractivity (Wildman–Crippen MR) is 66.6 cm³/mol. The summed E-state index contributed by atoms with van der Waals surface area (Å²) < 4.78 is 77.5. The molecule has 0 fully saturated rings. The first-order valence-electron chi connectivity index (χ1n) is 5.96. The first-order valence-corrected chi connectivity index (χ1v) is 5.96. The van der Waals surface area contributed by atoms with Gasteiger partial charge in [0, 0.05) is 0 Å². The Labute approximate surface area is 117 Å². The van der Waals surface area contributed by atoms with Crippen molar-refractivity contribution in [3.05, 3.63) is 59.2 Å². The Morgan fingerprint density at radius 2 is 1.10 bits per heavy atom. The number of hydrogen-bond acceptors (Lipinski definition) is 0. The lowest BCUT2D eigenvalue weighted by molar-refractivity contribution is -0.138. The van der Waals surface area contributed by atoms with Crippen molar-refractivity contribution in [3.8, 4) is 11.1 Å². The Hall–Kier alpha value is -1.98. The minimum atomic E-state index is -4.63. The molecule has 112 valence electrons. The normalized spacial score (nSPS) is 12.5. The summed E-state index contributed by atoms with van der Waals surface area (Å²) in [5.41, 5.74) is -2.43. The van der Waals surface area contributed by atoms with Crippen molar-refractivity contribution in [2.45, 2.75) is 19.3 Å². The molecule has 0 nitrogen and oxygen atoms in total. The second kappa shape index (κ2) is 5.09. The molecular weight excluding hydrogens is 294 g/mol. The van der Waals surface area contributed by atoms with Crippen LogP contribution in [0.3, 0.4) is 0 Å². The molecule has 0 aliphatic heterocycles. The molecule has 21 heavy (non-hydrogen) atoms. The van der Waals surface area contributed by atoms with Gasteiger partial charge in [-0.3, -0.25) is 0 Å². The van der Waals surface area contributed by atoms with Gasteiger partial charge in [-0.15, -0.1) is 0 Å². The Morgan fingerprint density at radius 1 is 0.619 bits per heavy atom. The third-order valence-electron chi connectivity index (χ3n) is 3.16. The number of hydrogen-bond donors (Lipinski definition) is 0.